The molecule has 0 saturated carbocycles. The summed E-state index contributed by atoms with van der Waals surface area (Å²) in [7, 11) is 3.45. The number of hydrogen-bond donors (Lipinski definition) is 2. The number of anilines is 2. The number of nitrogens with one attached hydrogen (secondary N) is 2. The molecule has 2 N–H and O–H groups in total. The third-order valence-corrected chi connectivity index (χ3v) is 2.74. The first-order valence-corrected chi connectivity index (χ1v) is 7.15. The zero-order chi connectivity index (χ0) is 15.8. The Labute approximate surface area is 126 Å². The van der Waals surface area contributed by atoms with Gasteiger partial charge >= 0.3 is 0 Å². The van der Waals surface area contributed by atoms with Crippen molar-refractivity contribution in [3.63, 3.8) is 0 Å². The van der Waals surface area contributed by atoms with Crippen LogP contribution in [0.4, 0.5) is 11.6 Å². The Morgan fingerprint density at radius 2 is 2.00 bits per heavy atom. The van der Waals surface area contributed by atoms with Crippen molar-refractivity contribution in [2.24, 2.45) is 0 Å². The summed E-state index contributed by atoms with van der Waals surface area (Å²) in [5.41, 5.74) is 0. The van der Waals surface area contributed by atoms with Gasteiger partial charge in [-0.1, -0.05) is 0 Å². The van der Waals surface area contributed by atoms with Gasteiger partial charge in [0.1, 0.15) is 24.3 Å². The minimum absolute atomic E-state index is 0.00929. The highest BCUT2D eigenvalue weighted by molar-refractivity contribution is 5.83. The van der Waals surface area contributed by atoms with Crippen molar-refractivity contribution in [1.29, 1.82) is 0 Å². The first-order chi connectivity index (χ1) is 9.97. The first kappa shape index (κ1) is 17.2. The summed E-state index contributed by atoms with van der Waals surface area (Å²) in [5.74, 6) is 1.90. The second-order valence-electron chi connectivity index (χ2n) is 4.82. The summed E-state index contributed by atoms with van der Waals surface area (Å²) >= 11 is 0. The van der Waals surface area contributed by atoms with E-state index in [1.165, 1.54) is 0 Å². The van der Waals surface area contributed by atoms with E-state index in [9.17, 15) is 4.79 Å². The van der Waals surface area contributed by atoms with E-state index in [4.69, 9.17) is 4.74 Å². The number of hydrogen-bond acceptors (Lipinski definition) is 6. The van der Waals surface area contributed by atoms with Crippen LogP contribution in [0.3, 0.4) is 0 Å². The van der Waals surface area contributed by atoms with E-state index in [0.717, 1.165) is 6.54 Å². The molecule has 1 atom stereocenters. The highest BCUT2D eigenvalue weighted by Gasteiger charge is 2.16. The van der Waals surface area contributed by atoms with Crippen molar-refractivity contribution in [3.05, 3.63) is 11.9 Å². The minimum atomic E-state index is -0.357. The molecule has 0 aliphatic carbocycles. The van der Waals surface area contributed by atoms with Gasteiger partial charge in [-0.15, -0.1) is 0 Å². The third-order valence-electron chi connectivity index (χ3n) is 2.74. The number of ether oxygens (including phenoxy) is 1. The lowest BCUT2D eigenvalue weighted by atomic mass is 10.3. The molecule has 1 unspecified atom stereocenters. The maximum absolute atomic E-state index is 11.9. The lowest BCUT2D eigenvalue weighted by Gasteiger charge is -2.19. The summed E-state index contributed by atoms with van der Waals surface area (Å²) in [6.07, 6.45) is 0. The smallest absolute Gasteiger partial charge is 0.244 e. The van der Waals surface area contributed by atoms with E-state index < -0.39 is 0 Å². The summed E-state index contributed by atoms with van der Waals surface area (Å²) < 4.78 is 5.34. The Balaban J connectivity index is 2.88. The van der Waals surface area contributed by atoms with Crippen LogP contribution in [0.5, 0.6) is 0 Å². The summed E-state index contributed by atoms with van der Waals surface area (Å²) in [6, 6.07) is 1.43. The van der Waals surface area contributed by atoms with E-state index in [1.807, 2.05) is 13.8 Å². The van der Waals surface area contributed by atoms with Crippen LogP contribution >= 0.6 is 0 Å². The van der Waals surface area contributed by atoms with Gasteiger partial charge in [0, 0.05) is 33.3 Å². The van der Waals surface area contributed by atoms with Gasteiger partial charge in [-0.25, -0.2) is 9.97 Å². The van der Waals surface area contributed by atoms with Gasteiger partial charge in [-0.3, -0.25) is 4.79 Å². The molecule has 7 heteroatoms. The van der Waals surface area contributed by atoms with Gasteiger partial charge in [0.25, 0.3) is 0 Å². The van der Waals surface area contributed by atoms with Crippen molar-refractivity contribution < 1.29 is 9.53 Å². The molecule has 21 heavy (non-hydrogen) atoms. The van der Waals surface area contributed by atoms with E-state index in [2.05, 4.69) is 20.6 Å². The fourth-order valence-corrected chi connectivity index (χ4v) is 1.77. The normalized spacial score (nSPS) is 11.9. The lowest BCUT2D eigenvalue weighted by Crippen LogP contribution is -2.36. The molecular weight excluding hydrogens is 270 g/mol. The average Bonchev–Trinajstić information content (AvgIpc) is 2.44. The van der Waals surface area contributed by atoms with E-state index in [-0.39, 0.29) is 11.9 Å². The fourth-order valence-electron chi connectivity index (χ4n) is 1.77. The molecular formula is C14H25N5O2. The molecule has 118 valence electrons. The Morgan fingerprint density at radius 1 is 1.33 bits per heavy atom. The number of nitrogens with zero attached hydrogens (tertiary/aromatic N) is 3. The molecule has 0 radical (unpaired) electrons. The number of carbonyl (C=O) groups is 1. The number of rotatable bonds is 8. The van der Waals surface area contributed by atoms with Crippen LogP contribution in [0.15, 0.2) is 6.07 Å². The summed E-state index contributed by atoms with van der Waals surface area (Å²) in [6.45, 7) is 7.44. The SMILES string of the molecule is CCNc1cc(NC(C)C(=O)N(C)C)nc(COCC)n1. The lowest BCUT2D eigenvalue weighted by molar-refractivity contribution is -0.129. The molecule has 0 aliphatic heterocycles. The van der Waals surface area contributed by atoms with Crippen LogP contribution in [0.2, 0.25) is 0 Å². The standard InChI is InChI=1S/C14H25N5O2/c1-6-15-11-8-12(16-10(3)14(20)19(4)5)18-13(17-11)9-21-7-2/h8,10H,6-7,9H2,1-5H3,(H2,15,16,17,18). The van der Waals surface area contributed by atoms with Gasteiger partial charge in [-0.2, -0.15) is 0 Å². The topological polar surface area (TPSA) is 79.4 Å². The van der Waals surface area contributed by atoms with Crippen LogP contribution in [0.25, 0.3) is 0 Å². The van der Waals surface area contributed by atoms with Crippen molar-refractivity contribution in [3.8, 4) is 0 Å². The Bertz CT molecular complexity index is 465. The first-order valence-electron chi connectivity index (χ1n) is 7.15. The second-order valence-corrected chi connectivity index (χ2v) is 4.82. The molecule has 1 aromatic heterocycles. The predicted octanol–water partition coefficient (Wildman–Crippen LogP) is 1.33. The molecule has 7 nitrogen and oxygen atoms in total. The summed E-state index contributed by atoms with van der Waals surface area (Å²) in [5, 5.41) is 6.25. The van der Waals surface area contributed by atoms with Gasteiger partial charge in [0.15, 0.2) is 5.82 Å². The van der Waals surface area contributed by atoms with Crippen molar-refractivity contribution in [2.45, 2.75) is 33.4 Å². The van der Waals surface area contributed by atoms with E-state index >= 15 is 0 Å². The summed E-state index contributed by atoms with van der Waals surface area (Å²) in [4.78, 5) is 22.2. The van der Waals surface area contributed by atoms with Crippen LogP contribution in [-0.4, -0.2) is 54.1 Å². The highest BCUT2D eigenvalue weighted by atomic mass is 16.5. The zero-order valence-electron chi connectivity index (χ0n) is 13.4. The van der Waals surface area contributed by atoms with Crippen LogP contribution in [0.1, 0.15) is 26.6 Å². The number of amides is 1. The van der Waals surface area contributed by atoms with Gasteiger partial charge in [0.05, 0.1) is 0 Å². The van der Waals surface area contributed by atoms with Crippen molar-refractivity contribution in [2.75, 3.05) is 37.9 Å². The molecule has 1 heterocycles. The number of likely N-dealkylation sites (N-methyl/N-ethyl adjacent to an activating group) is 1. The molecule has 1 rings (SSSR count). The average molecular weight is 295 g/mol. The van der Waals surface area contributed by atoms with E-state index in [1.54, 1.807) is 32.0 Å². The maximum atomic E-state index is 11.9. The molecule has 0 aliphatic rings. The monoisotopic (exact) mass is 295 g/mol. The minimum Gasteiger partial charge on any atom is -0.374 e. The maximum Gasteiger partial charge on any atom is 0.244 e. The fraction of sp³-hybridized carbons (Fsp3) is 0.643. The predicted molar refractivity (Wildman–Crippen MR) is 83.3 cm³/mol. The van der Waals surface area contributed by atoms with Crippen molar-refractivity contribution >= 4 is 17.5 Å². The molecule has 0 saturated heterocycles. The Morgan fingerprint density at radius 3 is 2.57 bits per heavy atom. The second kappa shape index (κ2) is 8.41. The molecule has 0 aromatic carbocycles. The number of aromatic nitrogens is 2. The number of carbonyl (C=O) groups excluding carboxylic acids is 1. The van der Waals surface area contributed by atoms with E-state index in [0.29, 0.717) is 30.7 Å². The van der Waals surface area contributed by atoms with Gasteiger partial charge in [0.2, 0.25) is 5.91 Å². The highest BCUT2D eigenvalue weighted by Crippen LogP contribution is 2.13. The molecule has 1 aromatic rings. The molecule has 0 fully saturated rings. The van der Waals surface area contributed by atoms with Crippen molar-refractivity contribution in [1.82, 2.24) is 14.9 Å². The van der Waals surface area contributed by atoms with Crippen LogP contribution in [0, 0.1) is 0 Å². The third kappa shape index (κ3) is 5.55. The molecule has 0 spiro atoms. The largest absolute Gasteiger partial charge is 0.374 e. The quantitative estimate of drug-likeness (QED) is 0.753. The Kier molecular flexibility index (Phi) is 6.87. The zero-order valence-corrected chi connectivity index (χ0v) is 13.4. The van der Waals surface area contributed by atoms with Crippen LogP contribution < -0.4 is 10.6 Å². The Hall–Kier alpha value is -1.89. The molecule has 0 bridgehead atoms. The van der Waals surface area contributed by atoms with Gasteiger partial charge < -0.3 is 20.3 Å². The molecule has 1 amide bonds. The van der Waals surface area contributed by atoms with Crippen LogP contribution in [-0.2, 0) is 16.1 Å². The van der Waals surface area contributed by atoms with Gasteiger partial charge in [-0.05, 0) is 20.8 Å².